The lowest BCUT2D eigenvalue weighted by Crippen LogP contribution is -2.32. The van der Waals surface area contributed by atoms with Crippen LogP contribution >= 0.6 is 7.92 Å². The number of nitrogens with zero attached hydrogens (tertiary/aromatic N) is 1. The van der Waals surface area contributed by atoms with Crippen molar-refractivity contribution in [1.29, 1.82) is 0 Å². The third-order valence-corrected chi connectivity index (χ3v) is 8.57. The van der Waals surface area contributed by atoms with Gasteiger partial charge in [-0.15, -0.1) is 0 Å². The summed E-state index contributed by atoms with van der Waals surface area (Å²) >= 11 is 0. The highest BCUT2D eigenvalue weighted by Crippen LogP contribution is 2.38. The first-order chi connectivity index (χ1) is 16.3. The third kappa shape index (κ3) is 4.01. The number of rotatable bonds is 6. The lowest BCUT2D eigenvalue weighted by Gasteiger charge is -2.25. The predicted octanol–water partition coefficient (Wildman–Crippen LogP) is 5.15. The fourth-order valence-corrected chi connectivity index (χ4v) is 7.05. The quantitative estimate of drug-likeness (QED) is 0.376. The van der Waals surface area contributed by atoms with Crippen LogP contribution in [0.2, 0.25) is 0 Å². The second kappa shape index (κ2) is 9.53. The Morgan fingerprint density at radius 3 is 2.03 bits per heavy atom. The molecule has 2 heteroatoms. The molecule has 4 aromatic rings. The molecule has 1 aliphatic rings. The molecule has 0 N–H and O–H groups in total. The van der Waals surface area contributed by atoms with Crippen LogP contribution in [0, 0.1) is 0 Å². The first-order valence-corrected chi connectivity index (χ1v) is 12.6. The van der Waals surface area contributed by atoms with Crippen molar-refractivity contribution in [3.63, 3.8) is 0 Å². The van der Waals surface area contributed by atoms with Gasteiger partial charge in [0.15, 0.2) is 0 Å². The van der Waals surface area contributed by atoms with E-state index in [-0.39, 0.29) is 0 Å². The van der Waals surface area contributed by atoms with Gasteiger partial charge < -0.3 is 0 Å². The highest BCUT2D eigenvalue weighted by molar-refractivity contribution is 7.80. The van der Waals surface area contributed by atoms with Crippen LogP contribution in [0.3, 0.4) is 0 Å². The summed E-state index contributed by atoms with van der Waals surface area (Å²) in [5, 5.41) is 6.43. The fraction of sp³-hybridized carbons (Fsp3) is 0.0645. The molecule has 0 saturated carbocycles. The van der Waals surface area contributed by atoms with E-state index in [1.165, 1.54) is 31.9 Å². The van der Waals surface area contributed by atoms with E-state index in [9.17, 15) is 0 Å². The Bertz CT molecular complexity index is 1400. The Labute approximate surface area is 196 Å². The topological polar surface area (TPSA) is 12.9 Å². The first kappa shape index (κ1) is 21.3. The molecule has 3 aromatic carbocycles. The molecule has 1 nitrogen and oxygen atoms in total. The summed E-state index contributed by atoms with van der Waals surface area (Å²) in [6.07, 6.45) is 12.6. The van der Waals surface area contributed by atoms with Gasteiger partial charge in [0.25, 0.3) is 0 Å². The van der Waals surface area contributed by atoms with Gasteiger partial charge in [-0.1, -0.05) is 110 Å². The van der Waals surface area contributed by atoms with E-state index in [2.05, 4.69) is 104 Å². The largest absolute Gasteiger partial charge is 0.256 e. The molecule has 160 valence electrons. The molecule has 5 rings (SSSR count). The van der Waals surface area contributed by atoms with E-state index in [0.29, 0.717) is 0 Å². The van der Waals surface area contributed by atoms with Gasteiger partial charge >= 0.3 is 0 Å². The molecule has 1 heterocycles. The molecule has 0 saturated heterocycles. The lowest BCUT2D eigenvalue weighted by molar-refractivity contribution is 1.10. The zero-order valence-corrected chi connectivity index (χ0v) is 19.5. The van der Waals surface area contributed by atoms with Crippen molar-refractivity contribution in [2.75, 3.05) is 0 Å². The molecular formula is C31H26NP. The van der Waals surface area contributed by atoms with Crippen LogP contribution in [-0.2, 0) is 0 Å². The molecule has 1 aliphatic carbocycles. The number of benzene rings is 3. The van der Waals surface area contributed by atoms with Gasteiger partial charge in [-0.3, -0.25) is 4.98 Å². The summed E-state index contributed by atoms with van der Waals surface area (Å²) in [5.41, 5.74) is 4.39. The summed E-state index contributed by atoms with van der Waals surface area (Å²) in [4.78, 5) is 4.95. The second-order valence-electron chi connectivity index (χ2n) is 8.03. The highest BCUT2D eigenvalue weighted by atomic mass is 31.1. The van der Waals surface area contributed by atoms with E-state index in [0.717, 1.165) is 29.7 Å². The summed E-state index contributed by atoms with van der Waals surface area (Å²) in [5.74, 6) is 0. The zero-order valence-electron chi connectivity index (χ0n) is 18.6. The average Bonchev–Trinajstić information content (AvgIpc) is 2.89. The van der Waals surface area contributed by atoms with Gasteiger partial charge in [-0.2, -0.15) is 0 Å². The molecule has 0 spiro atoms. The summed E-state index contributed by atoms with van der Waals surface area (Å²) in [6.45, 7) is 8.27. The van der Waals surface area contributed by atoms with Gasteiger partial charge in [-0.25, -0.2) is 0 Å². The maximum Gasteiger partial charge on any atom is 0.0789 e. The van der Waals surface area contributed by atoms with E-state index in [1.807, 2.05) is 18.3 Å². The van der Waals surface area contributed by atoms with E-state index in [4.69, 9.17) is 4.98 Å². The van der Waals surface area contributed by atoms with E-state index < -0.39 is 7.92 Å². The molecule has 33 heavy (non-hydrogen) atoms. The number of hydrogen-bond donors (Lipinski definition) is 0. The number of fused-ring (bicyclic) bond motifs is 1. The van der Waals surface area contributed by atoms with Gasteiger partial charge in [0.05, 0.1) is 5.69 Å². The average molecular weight is 444 g/mol. The zero-order chi connectivity index (χ0) is 22.6. The molecule has 0 bridgehead atoms. The van der Waals surface area contributed by atoms with E-state index >= 15 is 0 Å². The predicted molar refractivity (Wildman–Crippen MR) is 146 cm³/mol. The maximum absolute atomic E-state index is 4.95. The minimum absolute atomic E-state index is 0.789. The van der Waals surface area contributed by atoms with Crippen molar-refractivity contribution in [1.82, 2.24) is 4.98 Å². The van der Waals surface area contributed by atoms with Crippen molar-refractivity contribution in [2.45, 2.75) is 12.8 Å². The SMILES string of the molecule is C=Cc1ccc(P(c2ccccc2)c2ccccc2)c(-c2nccc3c2=CCCC=3)c1C=C. The van der Waals surface area contributed by atoms with Crippen LogP contribution in [0.4, 0.5) is 0 Å². The van der Waals surface area contributed by atoms with Crippen LogP contribution < -0.4 is 26.4 Å². The van der Waals surface area contributed by atoms with Gasteiger partial charge in [0, 0.05) is 17.0 Å². The van der Waals surface area contributed by atoms with E-state index in [1.54, 1.807) is 0 Å². The third-order valence-electron chi connectivity index (χ3n) is 6.09. The van der Waals surface area contributed by atoms with Gasteiger partial charge in [0.2, 0.25) is 0 Å². The monoisotopic (exact) mass is 443 g/mol. The van der Waals surface area contributed by atoms with Gasteiger partial charge in [0.1, 0.15) is 0 Å². The molecule has 0 aliphatic heterocycles. The van der Waals surface area contributed by atoms with Crippen LogP contribution in [-0.4, -0.2) is 4.98 Å². The number of pyridine rings is 1. The van der Waals surface area contributed by atoms with Gasteiger partial charge in [-0.05, 0) is 59.1 Å². The van der Waals surface area contributed by atoms with Crippen LogP contribution in [0.15, 0.2) is 98.2 Å². The van der Waals surface area contributed by atoms with Crippen LogP contribution in [0.5, 0.6) is 0 Å². The second-order valence-corrected chi connectivity index (χ2v) is 10.2. The summed E-state index contributed by atoms with van der Waals surface area (Å²) in [7, 11) is -0.789. The lowest BCUT2D eigenvalue weighted by atomic mass is 9.95. The van der Waals surface area contributed by atoms with Crippen molar-refractivity contribution in [3.8, 4) is 11.3 Å². The first-order valence-electron chi connectivity index (χ1n) is 11.3. The van der Waals surface area contributed by atoms with Crippen LogP contribution in [0.1, 0.15) is 24.0 Å². The molecule has 0 unspecified atom stereocenters. The number of aromatic nitrogens is 1. The highest BCUT2D eigenvalue weighted by Gasteiger charge is 2.24. The molecule has 0 fully saturated rings. The summed E-state index contributed by atoms with van der Waals surface area (Å²) < 4.78 is 0. The smallest absolute Gasteiger partial charge is 0.0789 e. The minimum atomic E-state index is -0.789. The Kier molecular flexibility index (Phi) is 6.15. The maximum atomic E-state index is 4.95. The molecular weight excluding hydrogens is 417 g/mol. The van der Waals surface area contributed by atoms with Crippen molar-refractivity contribution >= 4 is 48.1 Å². The Hall–Kier alpha value is -3.54. The number of hydrogen-bond acceptors (Lipinski definition) is 1. The van der Waals surface area contributed by atoms with Crippen molar-refractivity contribution in [2.24, 2.45) is 0 Å². The molecule has 1 aromatic heterocycles. The molecule has 0 radical (unpaired) electrons. The van der Waals surface area contributed by atoms with Crippen LogP contribution in [0.25, 0.3) is 35.6 Å². The molecule has 0 atom stereocenters. The fourth-order valence-electron chi connectivity index (χ4n) is 4.59. The Balaban J connectivity index is 1.90. The summed E-state index contributed by atoms with van der Waals surface area (Å²) in [6, 6.07) is 28.2. The Morgan fingerprint density at radius 2 is 1.39 bits per heavy atom. The van der Waals surface area contributed by atoms with Crippen molar-refractivity contribution in [3.05, 3.63) is 120 Å². The molecule has 0 amide bonds. The minimum Gasteiger partial charge on any atom is -0.256 e. The normalized spacial score (nSPS) is 12.4. The standard InChI is InChI=1S/C31H26NP/c1-3-23-19-20-29(33(25-14-7-5-8-15-25)26-16-9-6-10-17-26)30(27(23)4-2)31-28-18-12-11-13-24(28)21-22-32-31/h3-10,13-22H,1-2,11-12H2. The Morgan fingerprint density at radius 1 is 0.727 bits per heavy atom. The van der Waals surface area contributed by atoms with Crippen molar-refractivity contribution < 1.29 is 0 Å².